The molecular weight excluding hydrogens is 318 g/mol. The Kier molecular flexibility index (Phi) is 4.91. The number of carbonyl (C=O) groups excluding carboxylic acids is 1. The summed E-state index contributed by atoms with van der Waals surface area (Å²) in [5, 5.41) is 10.2. The van der Waals surface area contributed by atoms with E-state index in [0.717, 1.165) is 12.1 Å². The molecule has 0 bridgehead atoms. The van der Waals surface area contributed by atoms with E-state index in [1.807, 2.05) is 0 Å². The molecule has 0 aliphatic heterocycles. The van der Waals surface area contributed by atoms with Crippen LogP contribution in [-0.2, 0) is 15.1 Å². The van der Waals surface area contributed by atoms with Crippen LogP contribution in [0.5, 0.6) is 0 Å². The molecule has 0 radical (unpaired) electrons. The number of halogens is 6. The fourth-order valence-electron chi connectivity index (χ4n) is 1.76. The van der Waals surface area contributed by atoms with Crippen molar-refractivity contribution >= 4 is 12.0 Å². The molecule has 0 atom stereocenters. The van der Waals surface area contributed by atoms with Crippen LogP contribution in [0.25, 0.3) is 6.08 Å². The maximum absolute atomic E-state index is 13.1. The number of aliphatic carboxylic acids is 1. The molecule has 1 rings (SSSR count). The van der Waals surface area contributed by atoms with Crippen molar-refractivity contribution in [2.24, 2.45) is 0 Å². The van der Waals surface area contributed by atoms with E-state index in [-0.39, 0.29) is 5.56 Å². The van der Waals surface area contributed by atoms with E-state index in [2.05, 4.69) is 11.3 Å². The number of carboxylic acids is 1. The van der Waals surface area contributed by atoms with Gasteiger partial charge in [-0.05, 0) is 5.56 Å². The Morgan fingerprint density at radius 3 is 1.86 bits per heavy atom. The molecule has 0 N–H and O–H groups in total. The second-order valence-corrected chi connectivity index (χ2v) is 4.16. The van der Waals surface area contributed by atoms with Gasteiger partial charge in [-0.15, -0.1) is 0 Å². The number of carbonyl (C=O) groups is 1. The Balaban J connectivity index is 3.52. The average Bonchev–Trinajstić information content (AvgIpc) is 2.36. The van der Waals surface area contributed by atoms with Crippen LogP contribution in [0.1, 0.15) is 11.1 Å². The van der Waals surface area contributed by atoms with Gasteiger partial charge in [0.25, 0.3) is 5.60 Å². The molecule has 9 heteroatoms. The normalized spacial score (nSPS) is 13.0. The van der Waals surface area contributed by atoms with Crippen molar-refractivity contribution in [3.63, 3.8) is 0 Å². The number of rotatable bonds is 5. The fraction of sp³-hybridized carbons (Fsp3) is 0.308. The first-order valence-electron chi connectivity index (χ1n) is 5.66. The minimum Gasteiger partial charge on any atom is -0.548 e. The van der Waals surface area contributed by atoms with Gasteiger partial charge in [-0.1, -0.05) is 36.9 Å². The summed E-state index contributed by atoms with van der Waals surface area (Å²) >= 11 is 0. The average molecular weight is 327 g/mol. The van der Waals surface area contributed by atoms with Crippen molar-refractivity contribution < 1.29 is 41.0 Å². The third kappa shape index (κ3) is 3.24. The molecule has 0 aliphatic carbocycles. The van der Waals surface area contributed by atoms with Crippen molar-refractivity contribution in [1.82, 2.24) is 0 Å². The smallest absolute Gasteiger partial charge is 0.430 e. The molecule has 3 nitrogen and oxygen atoms in total. The van der Waals surface area contributed by atoms with Crippen molar-refractivity contribution in [3.05, 3.63) is 42.0 Å². The van der Waals surface area contributed by atoms with E-state index in [0.29, 0.717) is 12.1 Å². The van der Waals surface area contributed by atoms with Gasteiger partial charge in [0.1, 0.15) is 0 Å². The third-order valence-corrected chi connectivity index (χ3v) is 2.76. The quantitative estimate of drug-likeness (QED) is 0.781. The second-order valence-electron chi connectivity index (χ2n) is 4.16. The summed E-state index contributed by atoms with van der Waals surface area (Å²) in [5.41, 5.74) is -5.78. The Bertz CT molecular complexity index is 530. The van der Waals surface area contributed by atoms with Gasteiger partial charge in [-0.3, -0.25) is 0 Å². The first-order chi connectivity index (χ1) is 9.95. The molecule has 1 aromatic rings. The molecule has 0 aliphatic rings. The van der Waals surface area contributed by atoms with Gasteiger partial charge in [0, 0.05) is 5.56 Å². The number of benzene rings is 1. The topological polar surface area (TPSA) is 49.4 Å². The summed E-state index contributed by atoms with van der Waals surface area (Å²) in [6, 6.07) is 3.04. The Morgan fingerprint density at radius 1 is 1.09 bits per heavy atom. The lowest BCUT2D eigenvalue weighted by Gasteiger charge is -2.37. The molecular formula is C13H9F6O3-. The van der Waals surface area contributed by atoms with E-state index in [9.17, 15) is 36.2 Å². The zero-order valence-electron chi connectivity index (χ0n) is 10.8. The lowest BCUT2D eigenvalue weighted by atomic mass is 9.91. The molecule has 0 heterocycles. The van der Waals surface area contributed by atoms with Crippen molar-refractivity contribution in [2.75, 3.05) is 6.61 Å². The zero-order chi connectivity index (χ0) is 17.2. The Morgan fingerprint density at radius 2 is 1.55 bits per heavy atom. The van der Waals surface area contributed by atoms with E-state index in [1.165, 1.54) is 6.08 Å². The minimum absolute atomic E-state index is 0.280. The maximum atomic E-state index is 13.1. The van der Waals surface area contributed by atoms with Crippen LogP contribution in [0, 0.1) is 0 Å². The van der Waals surface area contributed by atoms with Crippen LogP contribution in [-0.4, -0.2) is 24.9 Å². The van der Waals surface area contributed by atoms with Gasteiger partial charge in [-0.25, -0.2) is 0 Å². The Labute approximate surface area is 120 Å². The third-order valence-electron chi connectivity index (χ3n) is 2.76. The first kappa shape index (κ1) is 18.0. The van der Waals surface area contributed by atoms with Crippen molar-refractivity contribution in [2.45, 2.75) is 18.0 Å². The van der Waals surface area contributed by atoms with Gasteiger partial charge >= 0.3 is 12.4 Å². The van der Waals surface area contributed by atoms with E-state index in [1.54, 1.807) is 0 Å². The number of alkyl halides is 6. The van der Waals surface area contributed by atoms with Crippen LogP contribution in [0.2, 0.25) is 0 Å². The summed E-state index contributed by atoms with van der Waals surface area (Å²) in [6.45, 7) is 1.45. The van der Waals surface area contributed by atoms with E-state index < -0.39 is 36.1 Å². The molecule has 0 saturated carbocycles. The number of ether oxygens (including phenoxy) is 1. The highest BCUT2D eigenvalue weighted by molar-refractivity contribution is 5.65. The standard InChI is InChI=1S/C13H10F6O3/c1-2-8-3-5-9(6-4-8)11(12(14,15)16,13(17,18)19)22-7-10(20)21/h2-6H,1,7H2,(H,20,21)/p-1. The summed E-state index contributed by atoms with van der Waals surface area (Å²) in [6.07, 6.45) is -10.7. The summed E-state index contributed by atoms with van der Waals surface area (Å²) in [5.74, 6) is -2.21. The molecule has 0 saturated heterocycles. The monoisotopic (exact) mass is 327 g/mol. The summed E-state index contributed by atoms with van der Waals surface area (Å²) in [4.78, 5) is 10.2. The molecule has 1 aromatic carbocycles. The minimum atomic E-state index is -5.93. The number of hydrogen-bond acceptors (Lipinski definition) is 3. The lowest BCUT2D eigenvalue weighted by molar-refractivity contribution is -0.393. The largest absolute Gasteiger partial charge is 0.548 e. The molecule has 22 heavy (non-hydrogen) atoms. The summed E-state index contributed by atoms with van der Waals surface area (Å²) in [7, 11) is 0. The van der Waals surface area contributed by atoms with Crippen molar-refractivity contribution in [1.29, 1.82) is 0 Å². The number of hydrogen-bond donors (Lipinski definition) is 0. The highest BCUT2D eigenvalue weighted by Crippen LogP contribution is 2.52. The SMILES string of the molecule is C=Cc1ccc(C(OCC(=O)[O-])(C(F)(F)F)C(F)(F)F)cc1. The maximum Gasteiger partial charge on any atom is 0.430 e. The predicted octanol–water partition coefficient (Wildman–Crippen LogP) is 2.42. The van der Waals surface area contributed by atoms with E-state index >= 15 is 0 Å². The van der Waals surface area contributed by atoms with Crippen LogP contribution in [0.3, 0.4) is 0 Å². The van der Waals surface area contributed by atoms with Crippen LogP contribution in [0.15, 0.2) is 30.8 Å². The molecule has 122 valence electrons. The predicted molar refractivity (Wildman–Crippen MR) is 61.3 cm³/mol. The van der Waals surface area contributed by atoms with Crippen LogP contribution >= 0.6 is 0 Å². The first-order valence-corrected chi connectivity index (χ1v) is 5.66. The number of carboxylic acid groups (broad SMARTS) is 1. The van der Waals surface area contributed by atoms with E-state index in [4.69, 9.17) is 0 Å². The van der Waals surface area contributed by atoms with Gasteiger partial charge in [0.05, 0.1) is 12.6 Å². The van der Waals surface area contributed by atoms with Crippen molar-refractivity contribution in [3.8, 4) is 0 Å². The molecule has 0 fully saturated rings. The van der Waals surface area contributed by atoms with Gasteiger partial charge < -0.3 is 14.6 Å². The molecule has 0 aromatic heterocycles. The fourth-order valence-corrected chi connectivity index (χ4v) is 1.76. The van der Waals surface area contributed by atoms with Gasteiger partial charge in [0.15, 0.2) is 0 Å². The second kappa shape index (κ2) is 5.99. The van der Waals surface area contributed by atoms with Gasteiger partial charge in [-0.2, -0.15) is 26.3 Å². The highest BCUT2D eigenvalue weighted by atomic mass is 19.4. The molecule has 0 spiro atoms. The van der Waals surface area contributed by atoms with Crippen LogP contribution in [0.4, 0.5) is 26.3 Å². The molecule has 0 amide bonds. The van der Waals surface area contributed by atoms with Crippen LogP contribution < -0.4 is 5.11 Å². The molecule has 0 unspecified atom stereocenters. The highest BCUT2D eigenvalue weighted by Gasteiger charge is 2.73. The Hall–Kier alpha value is -2.03. The van der Waals surface area contributed by atoms with Gasteiger partial charge in [0.2, 0.25) is 0 Å². The summed E-state index contributed by atoms with van der Waals surface area (Å²) < 4.78 is 82.4. The lowest BCUT2D eigenvalue weighted by Crippen LogP contribution is -2.57. The zero-order valence-corrected chi connectivity index (χ0v) is 10.8.